The fourth-order valence-electron chi connectivity index (χ4n) is 3.90. The monoisotopic (exact) mass is 293 g/mol. The van der Waals surface area contributed by atoms with Crippen LogP contribution in [0.25, 0.3) is 0 Å². The van der Waals surface area contributed by atoms with Crippen molar-refractivity contribution in [3.63, 3.8) is 0 Å². The molecule has 0 heterocycles. The second kappa shape index (κ2) is 5.40. The van der Waals surface area contributed by atoms with Gasteiger partial charge in [0.1, 0.15) is 5.82 Å². The molecule has 0 radical (unpaired) electrons. The van der Waals surface area contributed by atoms with Crippen LogP contribution in [-0.2, 0) is 0 Å². The van der Waals surface area contributed by atoms with Gasteiger partial charge in [-0.05, 0) is 55.2 Å². The van der Waals surface area contributed by atoms with Crippen LogP contribution in [0.2, 0.25) is 0 Å². The van der Waals surface area contributed by atoms with Gasteiger partial charge in [0.25, 0.3) is 5.91 Å². The van der Waals surface area contributed by atoms with Crippen molar-refractivity contribution in [2.45, 2.75) is 30.6 Å². The largest absolute Gasteiger partial charge is 0.341 e. The molecule has 1 amide bonds. The van der Waals surface area contributed by atoms with Crippen molar-refractivity contribution < 1.29 is 9.18 Å². The summed E-state index contributed by atoms with van der Waals surface area (Å²) in [5.41, 5.74) is 0.516. The number of amides is 1. The van der Waals surface area contributed by atoms with Crippen molar-refractivity contribution in [2.24, 2.45) is 17.8 Å². The highest BCUT2D eigenvalue weighted by Gasteiger charge is 2.40. The summed E-state index contributed by atoms with van der Waals surface area (Å²) in [5, 5.41) is 0. The number of hydrogen-bond acceptors (Lipinski definition) is 2. The fourth-order valence-corrected chi connectivity index (χ4v) is 4.11. The van der Waals surface area contributed by atoms with Gasteiger partial charge in [-0.3, -0.25) is 4.79 Å². The molecule has 2 aliphatic carbocycles. The Kier molecular flexibility index (Phi) is 3.76. The van der Waals surface area contributed by atoms with Crippen LogP contribution in [0.3, 0.4) is 0 Å². The quantitative estimate of drug-likeness (QED) is 0.844. The minimum absolute atomic E-state index is 0.0388. The van der Waals surface area contributed by atoms with Crippen LogP contribution in [0.4, 0.5) is 4.39 Å². The average Bonchev–Trinajstić information content (AvgIpc) is 3.03. The van der Waals surface area contributed by atoms with Gasteiger partial charge < -0.3 is 4.90 Å². The number of carbonyl (C=O) groups excluding carboxylic acids is 1. The molecule has 3 rings (SSSR count). The molecule has 2 nitrogen and oxygen atoms in total. The molecule has 0 aliphatic heterocycles. The molecular formula is C16H20FNOS. The fraction of sp³-hybridized carbons (Fsp3) is 0.562. The normalized spacial score (nSPS) is 27.9. The minimum atomic E-state index is -0.388. The lowest BCUT2D eigenvalue weighted by Crippen LogP contribution is -2.33. The SMILES string of the molecule is CN(CC1CC2CCC1C2)C(=O)c1ccc(F)c(S)c1. The molecule has 1 aromatic rings. The summed E-state index contributed by atoms with van der Waals surface area (Å²) in [6, 6.07) is 4.35. The van der Waals surface area contributed by atoms with Gasteiger partial charge in [-0.15, -0.1) is 12.6 Å². The van der Waals surface area contributed by atoms with E-state index in [4.69, 9.17) is 0 Å². The van der Waals surface area contributed by atoms with Gasteiger partial charge in [-0.1, -0.05) is 6.42 Å². The standard InChI is InChI=1S/C16H20FNOS/c1-18(9-13-7-10-2-3-11(13)6-10)16(19)12-4-5-14(17)15(20)8-12/h4-5,8,10-11,13,20H,2-3,6-7,9H2,1H3. The maximum Gasteiger partial charge on any atom is 0.253 e. The average molecular weight is 293 g/mol. The number of carbonyl (C=O) groups is 1. The summed E-state index contributed by atoms with van der Waals surface area (Å²) in [5.74, 6) is 1.93. The molecule has 0 saturated heterocycles. The molecule has 2 fully saturated rings. The Labute approximate surface area is 124 Å². The molecule has 20 heavy (non-hydrogen) atoms. The van der Waals surface area contributed by atoms with E-state index in [1.807, 2.05) is 7.05 Å². The van der Waals surface area contributed by atoms with Gasteiger partial charge in [0.2, 0.25) is 0 Å². The van der Waals surface area contributed by atoms with Crippen LogP contribution in [0, 0.1) is 23.6 Å². The predicted molar refractivity (Wildman–Crippen MR) is 79.6 cm³/mol. The van der Waals surface area contributed by atoms with E-state index in [-0.39, 0.29) is 16.6 Å². The van der Waals surface area contributed by atoms with E-state index in [1.54, 1.807) is 4.90 Å². The third kappa shape index (κ3) is 2.58. The Bertz CT molecular complexity index is 533. The van der Waals surface area contributed by atoms with E-state index in [2.05, 4.69) is 12.6 Å². The number of nitrogens with zero attached hydrogens (tertiary/aromatic N) is 1. The lowest BCUT2D eigenvalue weighted by atomic mass is 9.88. The first-order valence-corrected chi connectivity index (χ1v) is 7.73. The summed E-state index contributed by atoms with van der Waals surface area (Å²) < 4.78 is 13.2. The molecular weight excluding hydrogens is 273 g/mol. The third-order valence-electron chi connectivity index (χ3n) is 4.93. The zero-order valence-corrected chi connectivity index (χ0v) is 12.6. The summed E-state index contributed by atoms with van der Waals surface area (Å²) in [6.07, 6.45) is 5.32. The van der Waals surface area contributed by atoms with Gasteiger partial charge >= 0.3 is 0 Å². The highest BCUT2D eigenvalue weighted by Crippen LogP contribution is 2.48. The van der Waals surface area contributed by atoms with Crippen molar-refractivity contribution in [2.75, 3.05) is 13.6 Å². The Morgan fingerprint density at radius 3 is 2.80 bits per heavy atom. The summed E-state index contributed by atoms with van der Waals surface area (Å²) in [6.45, 7) is 0.819. The van der Waals surface area contributed by atoms with Gasteiger partial charge in [0.05, 0.1) is 0 Å². The van der Waals surface area contributed by atoms with Crippen LogP contribution in [0.1, 0.15) is 36.0 Å². The Balaban J connectivity index is 1.65. The van der Waals surface area contributed by atoms with Gasteiger partial charge in [0.15, 0.2) is 0 Å². The number of rotatable bonds is 3. The summed E-state index contributed by atoms with van der Waals surface area (Å²) in [7, 11) is 1.84. The Morgan fingerprint density at radius 2 is 2.20 bits per heavy atom. The molecule has 2 saturated carbocycles. The van der Waals surface area contributed by atoms with E-state index in [0.717, 1.165) is 18.4 Å². The van der Waals surface area contributed by atoms with E-state index >= 15 is 0 Å². The zero-order valence-electron chi connectivity index (χ0n) is 11.7. The smallest absolute Gasteiger partial charge is 0.253 e. The Hall–Kier alpha value is -1.03. The molecule has 1 aromatic carbocycles. The highest BCUT2D eigenvalue weighted by atomic mass is 32.1. The van der Waals surface area contributed by atoms with E-state index in [9.17, 15) is 9.18 Å². The summed E-state index contributed by atoms with van der Waals surface area (Å²) in [4.78, 5) is 14.4. The molecule has 2 aliphatic rings. The molecule has 3 atom stereocenters. The predicted octanol–water partition coefficient (Wildman–Crippen LogP) is 3.62. The van der Waals surface area contributed by atoms with E-state index in [0.29, 0.717) is 11.5 Å². The van der Waals surface area contributed by atoms with Crippen LogP contribution in [-0.4, -0.2) is 24.4 Å². The first-order valence-electron chi connectivity index (χ1n) is 7.28. The Morgan fingerprint density at radius 1 is 1.40 bits per heavy atom. The topological polar surface area (TPSA) is 20.3 Å². The lowest BCUT2D eigenvalue weighted by molar-refractivity contribution is 0.0754. The molecule has 0 N–H and O–H groups in total. The number of benzene rings is 1. The molecule has 3 unspecified atom stereocenters. The third-order valence-corrected chi connectivity index (χ3v) is 5.28. The van der Waals surface area contributed by atoms with Gasteiger partial charge in [0, 0.05) is 24.1 Å². The number of halogens is 1. The molecule has 2 bridgehead atoms. The molecule has 4 heteroatoms. The first-order chi connectivity index (χ1) is 9.54. The number of hydrogen-bond donors (Lipinski definition) is 1. The van der Waals surface area contributed by atoms with Gasteiger partial charge in [-0.25, -0.2) is 4.39 Å². The maximum absolute atomic E-state index is 13.2. The minimum Gasteiger partial charge on any atom is -0.341 e. The van der Waals surface area contributed by atoms with Crippen molar-refractivity contribution in [3.8, 4) is 0 Å². The van der Waals surface area contributed by atoms with Crippen molar-refractivity contribution in [3.05, 3.63) is 29.6 Å². The van der Waals surface area contributed by atoms with Gasteiger partial charge in [-0.2, -0.15) is 0 Å². The molecule has 0 spiro atoms. The van der Waals surface area contributed by atoms with Crippen LogP contribution < -0.4 is 0 Å². The second-order valence-electron chi connectivity index (χ2n) is 6.29. The van der Waals surface area contributed by atoms with Crippen LogP contribution in [0.5, 0.6) is 0 Å². The van der Waals surface area contributed by atoms with Crippen molar-refractivity contribution in [1.29, 1.82) is 0 Å². The molecule has 108 valence electrons. The highest BCUT2D eigenvalue weighted by molar-refractivity contribution is 7.80. The zero-order chi connectivity index (χ0) is 14.3. The second-order valence-corrected chi connectivity index (χ2v) is 6.77. The molecule has 0 aromatic heterocycles. The number of thiol groups is 1. The lowest BCUT2D eigenvalue weighted by Gasteiger charge is -2.27. The summed E-state index contributed by atoms with van der Waals surface area (Å²) >= 11 is 4.04. The first kappa shape index (κ1) is 13.9. The van der Waals surface area contributed by atoms with Crippen LogP contribution >= 0.6 is 12.6 Å². The van der Waals surface area contributed by atoms with Crippen molar-refractivity contribution in [1.82, 2.24) is 4.90 Å². The van der Waals surface area contributed by atoms with Crippen molar-refractivity contribution >= 4 is 18.5 Å². The maximum atomic E-state index is 13.2. The van der Waals surface area contributed by atoms with E-state index in [1.165, 1.54) is 43.9 Å². The number of fused-ring (bicyclic) bond motifs is 2. The van der Waals surface area contributed by atoms with E-state index < -0.39 is 0 Å². The van der Waals surface area contributed by atoms with Crippen LogP contribution in [0.15, 0.2) is 23.1 Å².